The molecule has 0 saturated heterocycles. The summed E-state index contributed by atoms with van der Waals surface area (Å²) in [6.45, 7) is 3.59. The van der Waals surface area contributed by atoms with E-state index < -0.39 is 23.0 Å². The van der Waals surface area contributed by atoms with Gasteiger partial charge in [-0.1, -0.05) is 31.0 Å². The lowest BCUT2D eigenvalue weighted by molar-refractivity contribution is -0.119. The van der Waals surface area contributed by atoms with E-state index in [0.717, 1.165) is 12.1 Å². The fourth-order valence-corrected chi connectivity index (χ4v) is 4.06. The molecule has 2 N–H and O–H groups in total. The van der Waals surface area contributed by atoms with E-state index in [1.165, 1.54) is 24.5 Å². The van der Waals surface area contributed by atoms with Gasteiger partial charge in [0.25, 0.3) is 0 Å². The van der Waals surface area contributed by atoms with E-state index in [1.807, 2.05) is 6.92 Å². The van der Waals surface area contributed by atoms with Gasteiger partial charge >= 0.3 is 0 Å². The van der Waals surface area contributed by atoms with Gasteiger partial charge in [-0.3, -0.25) is 4.79 Å². The molecule has 1 amide bonds. The Morgan fingerprint density at radius 1 is 1.28 bits per heavy atom. The third-order valence-electron chi connectivity index (χ3n) is 5.62. The highest BCUT2D eigenvalue weighted by molar-refractivity contribution is 6.30. The van der Waals surface area contributed by atoms with Crippen molar-refractivity contribution in [2.75, 3.05) is 5.32 Å². The number of aromatic nitrogens is 6. The standard InChI is InChI=1S/C21H17ClFN7O2/c1-3-4-13-18-24-9-25-30(18)8-14(26-13)16-27-17-15(19(31)28-16)21(2,20(32)29-17)10-5-6-11(22)12(23)7-10/h5-9H,3-4H2,1-2H3,(H2,27,28,29,31,32). The first kappa shape index (κ1) is 20.3. The van der Waals surface area contributed by atoms with Crippen LogP contribution in [0, 0.1) is 5.82 Å². The second-order valence-electron chi connectivity index (χ2n) is 7.65. The highest BCUT2D eigenvalue weighted by Gasteiger charge is 2.48. The lowest BCUT2D eigenvalue weighted by Gasteiger charge is -2.23. The van der Waals surface area contributed by atoms with Crippen molar-refractivity contribution in [1.82, 2.24) is 29.5 Å². The van der Waals surface area contributed by atoms with E-state index in [-0.39, 0.29) is 22.2 Å². The van der Waals surface area contributed by atoms with Gasteiger partial charge < -0.3 is 10.4 Å². The van der Waals surface area contributed by atoms with Gasteiger partial charge in [-0.05, 0) is 31.0 Å². The molecular weight excluding hydrogens is 437 g/mol. The molecule has 11 heteroatoms. The highest BCUT2D eigenvalue weighted by Crippen LogP contribution is 2.46. The van der Waals surface area contributed by atoms with E-state index in [1.54, 1.807) is 17.6 Å². The molecule has 4 aromatic rings. The summed E-state index contributed by atoms with van der Waals surface area (Å²) in [6, 6.07) is 4.06. The topological polar surface area (TPSA) is 118 Å². The number of carbonyl (C=O) groups is 1. The largest absolute Gasteiger partial charge is 0.493 e. The molecular formula is C21H17ClFN7O2. The van der Waals surface area contributed by atoms with Crippen LogP contribution in [0.2, 0.25) is 5.02 Å². The third kappa shape index (κ3) is 2.90. The molecule has 162 valence electrons. The number of carbonyl (C=O) groups excluding carboxylic acids is 1. The summed E-state index contributed by atoms with van der Waals surface area (Å²) < 4.78 is 15.7. The monoisotopic (exact) mass is 453 g/mol. The average Bonchev–Trinajstić information content (AvgIpc) is 3.33. The summed E-state index contributed by atoms with van der Waals surface area (Å²) in [5, 5.41) is 17.6. The van der Waals surface area contributed by atoms with Crippen LogP contribution in [0.3, 0.4) is 0 Å². The maximum Gasteiger partial charge on any atom is 0.240 e. The zero-order valence-corrected chi connectivity index (χ0v) is 17.9. The zero-order valence-electron chi connectivity index (χ0n) is 17.1. The quantitative estimate of drug-likeness (QED) is 0.486. The Morgan fingerprint density at radius 2 is 2.09 bits per heavy atom. The summed E-state index contributed by atoms with van der Waals surface area (Å²) in [4.78, 5) is 30.4. The first-order valence-electron chi connectivity index (χ1n) is 9.91. The Bertz CT molecular complexity index is 1410. The van der Waals surface area contributed by atoms with Gasteiger partial charge in [0.05, 0.1) is 22.5 Å². The minimum absolute atomic E-state index is 0.0655. The summed E-state index contributed by atoms with van der Waals surface area (Å²) in [7, 11) is 0. The van der Waals surface area contributed by atoms with E-state index >= 15 is 0 Å². The minimum atomic E-state index is -1.40. The lowest BCUT2D eigenvalue weighted by atomic mass is 9.78. The van der Waals surface area contributed by atoms with Gasteiger partial charge in [0.15, 0.2) is 11.5 Å². The van der Waals surface area contributed by atoms with Crippen molar-refractivity contribution >= 4 is 29.0 Å². The van der Waals surface area contributed by atoms with Crippen LogP contribution in [0.4, 0.5) is 10.2 Å². The number of amides is 1. The Morgan fingerprint density at radius 3 is 2.84 bits per heavy atom. The summed E-state index contributed by atoms with van der Waals surface area (Å²) in [5.74, 6) is -1.30. The Labute approximate surface area is 186 Å². The smallest absolute Gasteiger partial charge is 0.240 e. The third-order valence-corrected chi connectivity index (χ3v) is 5.93. The molecule has 0 aliphatic carbocycles. The first-order valence-corrected chi connectivity index (χ1v) is 10.3. The van der Waals surface area contributed by atoms with Crippen LogP contribution in [0.1, 0.15) is 37.1 Å². The zero-order chi connectivity index (χ0) is 22.6. The Balaban J connectivity index is 1.66. The molecule has 4 heterocycles. The molecule has 3 aromatic heterocycles. The number of fused-ring (bicyclic) bond motifs is 2. The number of nitrogens with zero attached hydrogens (tertiary/aromatic N) is 6. The molecule has 0 saturated carbocycles. The molecule has 1 aromatic carbocycles. The van der Waals surface area contributed by atoms with E-state index in [2.05, 4.69) is 30.4 Å². The van der Waals surface area contributed by atoms with Crippen LogP contribution in [0.25, 0.3) is 17.2 Å². The lowest BCUT2D eigenvalue weighted by Crippen LogP contribution is -2.32. The van der Waals surface area contributed by atoms with Crippen molar-refractivity contribution in [2.45, 2.75) is 32.1 Å². The number of nitrogens with one attached hydrogen (secondary N) is 1. The van der Waals surface area contributed by atoms with Crippen molar-refractivity contribution in [3.63, 3.8) is 0 Å². The van der Waals surface area contributed by atoms with Crippen LogP contribution in [0.5, 0.6) is 5.88 Å². The SMILES string of the molecule is CCCc1nc(-c2nc(O)c3c(n2)NC(=O)C3(C)c2ccc(Cl)c(F)c2)cn2ncnc12. The van der Waals surface area contributed by atoms with Crippen molar-refractivity contribution in [3.05, 3.63) is 58.4 Å². The van der Waals surface area contributed by atoms with Gasteiger partial charge in [-0.25, -0.2) is 23.9 Å². The van der Waals surface area contributed by atoms with Crippen LogP contribution < -0.4 is 5.32 Å². The van der Waals surface area contributed by atoms with Gasteiger partial charge in [-0.2, -0.15) is 10.1 Å². The van der Waals surface area contributed by atoms with Crippen molar-refractivity contribution in [3.8, 4) is 17.4 Å². The Kier molecular flexibility index (Phi) is 4.55. The van der Waals surface area contributed by atoms with Gasteiger partial charge in [0.1, 0.15) is 29.1 Å². The van der Waals surface area contributed by atoms with E-state index in [9.17, 15) is 14.3 Å². The fourth-order valence-electron chi connectivity index (χ4n) is 3.95. The molecule has 0 fully saturated rings. The second-order valence-corrected chi connectivity index (χ2v) is 8.06. The molecule has 1 unspecified atom stereocenters. The maximum absolute atomic E-state index is 14.1. The predicted octanol–water partition coefficient (Wildman–Crippen LogP) is 3.29. The predicted molar refractivity (Wildman–Crippen MR) is 114 cm³/mol. The number of halogens is 2. The number of anilines is 1. The molecule has 5 rings (SSSR count). The highest BCUT2D eigenvalue weighted by atomic mass is 35.5. The number of hydrogen-bond acceptors (Lipinski definition) is 7. The maximum atomic E-state index is 14.1. The van der Waals surface area contributed by atoms with Crippen molar-refractivity contribution in [1.29, 1.82) is 0 Å². The number of rotatable bonds is 4. The number of hydrogen-bond donors (Lipinski definition) is 2. The summed E-state index contributed by atoms with van der Waals surface area (Å²) in [6.07, 6.45) is 4.55. The van der Waals surface area contributed by atoms with Gasteiger partial charge in [0.2, 0.25) is 11.8 Å². The number of aryl methyl sites for hydroxylation is 1. The van der Waals surface area contributed by atoms with Crippen molar-refractivity contribution < 1.29 is 14.3 Å². The van der Waals surface area contributed by atoms with E-state index in [4.69, 9.17) is 11.6 Å². The molecule has 1 atom stereocenters. The summed E-state index contributed by atoms with van der Waals surface area (Å²) in [5.41, 5.74) is 0.784. The van der Waals surface area contributed by atoms with Gasteiger partial charge in [0, 0.05) is 0 Å². The number of benzene rings is 1. The van der Waals surface area contributed by atoms with Crippen molar-refractivity contribution in [2.24, 2.45) is 0 Å². The van der Waals surface area contributed by atoms with E-state index in [0.29, 0.717) is 23.3 Å². The fraction of sp³-hybridized carbons (Fsp3) is 0.238. The first-order chi connectivity index (χ1) is 15.3. The second kappa shape index (κ2) is 7.20. The minimum Gasteiger partial charge on any atom is -0.493 e. The Hall–Kier alpha value is -3.66. The summed E-state index contributed by atoms with van der Waals surface area (Å²) >= 11 is 5.79. The van der Waals surface area contributed by atoms with Crippen LogP contribution in [-0.2, 0) is 16.6 Å². The molecule has 1 aliphatic rings. The molecule has 0 bridgehead atoms. The van der Waals surface area contributed by atoms with Crippen LogP contribution in [0.15, 0.2) is 30.7 Å². The van der Waals surface area contributed by atoms with Crippen LogP contribution in [-0.4, -0.2) is 40.6 Å². The normalized spacial score (nSPS) is 17.6. The molecule has 32 heavy (non-hydrogen) atoms. The average molecular weight is 454 g/mol. The van der Waals surface area contributed by atoms with Crippen LogP contribution >= 0.6 is 11.6 Å². The number of aromatic hydroxyl groups is 1. The molecule has 0 spiro atoms. The molecule has 1 aliphatic heterocycles. The van der Waals surface area contributed by atoms with Gasteiger partial charge in [-0.15, -0.1) is 0 Å². The molecule has 9 nitrogen and oxygen atoms in total. The molecule has 0 radical (unpaired) electrons.